The van der Waals surface area contributed by atoms with E-state index >= 15 is 0 Å². The molecule has 0 saturated heterocycles. The van der Waals surface area contributed by atoms with E-state index in [0.29, 0.717) is 24.0 Å². The SMILES string of the molecule is CC(=O)ON(C(C)=O)c1ccc(C(=O)OC[C@]2(C)C=C3C(=O)[C@](C)(O)C4(CC4)C(C)=C3C2OC(=O)c2ccc(N(OC(C)=O)C(C)=O)cc2)cc1. The molecule has 14 nitrogen and oxygen atoms in total. The van der Waals surface area contributed by atoms with Crippen molar-refractivity contribution in [1.82, 2.24) is 0 Å². The number of Topliss-reactive ketones (excluding diaryl/α,β-unsaturated/α-hetero) is 1. The first-order valence-corrected chi connectivity index (χ1v) is 16.1. The molecular formula is C37H38N2O12. The molecule has 3 aliphatic rings. The summed E-state index contributed by atoms with van der Waals surface area (Å²) in [6, 6.07) is 11.1. The fraction of sp³-hybridized carbons (Fsp3) is 0.378. The lowest BCUT2D eigenvalue weighted by Crippen LogP contribution is -2.50. The second kappa shape index (κ2) is 13.2. The number of fused-ring (bicyclic) bond motifs is 1. The monoisotopic (exact) mass is 702 g/mol. The number of carbonyl (C=O) groups excluding carboxylic acids is 7. The number of benzene rings is 2. The normalized spacial score (nSPS) is 22.7. The number of carbonyl (C=O) groups is 7. The molecule has 1 N–H and O–H groups in total. The van der Waals surface area contributed by atoms with Crippen LogP contribution in [0.2, 0.25) is 0 Å². The number of amides is 2. The van der Waals surface area contributed by atoms with Crippen molar-refractivity contribution >= 4 is 52.8 Å². The van der Waals surface area contributed by atoms with Crippen LogP contribution in [0.4, 0.5) is 11.4 Å². The first kappa shape index (κ1) is 36.6. The Morgan fingerprint density at radius 1 is 0.765 bits per heavy atom. The van der Waals surface area contributed by atoms with Crippen molar-refractivity contribution in [3.8, 4) is 0 Å². The Bertz CT molecular complexity index is 1900. The van der Waals surface area contributed by atoms with Crippen molar-refractivity contribution in [2.75, 3.05) is 16.7 Å². The number of aliphatic hydroxyl groups is 1. The zero-order valence-electron chi connectivity index (χ0n) is 29.2. The van der Waals surface area contributed by atoms with Crippen molar-refractivity contribution in [2.24, 2.45) is 10.8 Å². The summed E-state index contributed by atoms with van der Waals surface area (Å²) in [7, 11) is 0. The number of hydroxylamine groups is 2. The van der Waals surface area contributed by atoms with Crippen LogP contribution in [0.15, 0.2) is 71.3 Å². The van der Waals surface area contributed by atoms with Gasteiger partial charge >= 0.3 is 23.9 Å². The van der Waals surface area contributed by atoms with E-state index in [0.717, 1.165) is 24.0 Å². The number of nitrogens with zero attached hydrogens (tertiary/aromatic N) is 2. The quantitative estimate of drug-likeness (QED) is 0.322. The van der Waals surface area contributed by atoms with E-state index in [1.54, 1.807) is 19.9 Å². The van der Waals surface area contributed by atoms with Gasteiger partial charge in [-0.1, -0.05) is 11.6 Å². The van der Waals surface area contributed by atoms with Crippen LogP contribution in [0.5, 0.6) is 0 Å². The van der Waals surface area contributed by atoms with Crippen molar-refractivity contribution in [1.29, 1.82) is 0 Å². The minimum absolute atomic E-state index is 0.0832. The fourth-order valence-electron chi connectivity index (χ4n) is 6.74. The number of hydrogen-bond acceptors (Lipinski definition) is 12. The lowest BCUT2D eigenvalue weighted by atomic mass is 9.67. The highest BCUT2D eigenvalue weighted by Crippen LogP contribution is 2.66. The molecule has 0 bridgehead atoms. The molecular weight excluding hydrogens is 664 g/mol. The summed E-state index contributed by atoms with van der Waals surface area (Å²) in [5.41, 5.74) is -1.85. The number of hydrogen-bond donors (Lipinski definition) is 1. The Kier molecular flexibility index (Phi) is 9.52. The lowest BCUT2D eigenvalue weighted by Gasteiger charge is -2.40. The first-order valence-electron chi connectivity index (χ1n) is 16.1. The van der Waals surface area contributed by atoms with Crippen LogP contribution in [0.1, 0.15) is 82.0 Å². The van der Waals surface area contributed by atoms with Gasteiger partial charge in [0.2, 0.25) is 0 Å². The molecule has 268 valence electrons. The molecule has 14 heteroatoms. The third kappa shape index (κ3) is 6.66. The van der Waals surface area contributed by atoms with Crippen LogP contribution < -0.4 is 10.1 Å². The van der Waals surface area contributed by atoms with E-state index in [1.807, 2.05) is 0 Å². The number of ether oxygens (including phenoxy) is 2. The largest absolute Gasteiger partial charge is 0.461 e. The van der Waals surface area contributed by atoms with Crippen LogP contribution in [0, 0.1) is 10.8 Å². The summed E-state index contributed by atoms with van der Waals surface area (Å²) in [5.74, 6) is -4.62. The molecule has 3 aliphatic carbocycles. The van der Waals surface area contributed by atoms with Crippen molar-refractivity contribution in [3.05, 3.63) is 82.5 Å². The molecule has 1 saturated carbocycles. The molecule has 1 fully saturated rings. The Hall–Kier alpha value is -5.63. The first-order chi connectivity index (χ1) is 23.8. The number of anilines is 2. The van der Waals surface area contributed by atoms with Crippen LogP contribution in [0.25, 0.3) is 0 Å². The van der Waals surface area contributed by atoms with Gasteiger partial charge in [0.05, 0.1) is 27.9 Å². The molecule has 2 amide bonds. The maximum absolute atomic E-state index is 13.8. The highest BCUT2D eigenvalue weighted by Gasteiger charge is 2.67. The Morgan fingerprint density at radius 2 is 1.22 bits per heavy atom. The predicted octanol–water partition coefficient (Wildman–Crippen LogP) is 4.11. The third-order valence-electron chi connectivity index (χ3n) is 9.54. The molecule has 2 aromatic rings. The highest BCUT2D eigenvalue weighted by atomic mass is 16.7. The average Bonchev–Trinajstić information content (AvgIpc) is 3.84. The van der Waals surface area contributed by atoms with E-state index < -0.39 is 64.0 Å². The predicted molar refractivity (Wildman–Crippen MR) is 178 cm³/mol. The van der Waals surface area contributed by atoms with Gasteiger partial charge in [-0.15, -0.1) is 10.1 Å². The Balaban J connectivity index is 1.43. The maximum Gasteiger partial charge on any atom is 0.338 e. The van der Waals surface area contributed by atoms with Gasteiger partial charge in [-0.3, -0.25) is 14.4 Å². The average molecular weight is 703 g/mol. The lowest BCUT2D eigenvalue weighted by molar-refractivity contribution is -0.147. The molecule has 0 radical (unpaired) electrons. The second-order valence-corrected chi connectivity index (χ2v) is 13.3. The summed E-state index contributed by atoms with van der Waals surface area (Å²) in [6.07, 6.45) is 1.59. The molecule has 5 rings (SSSR count). The molecule has 1 unspecified atom stereocenters. The van der Waals surface area contributed by atoms with Gasteiger partial charge in [0, 0.05) is 44.3 Å². The number of ketones is 1. The van der Waals surface area contributed by atoms with Crippen LogP contribution >= 0.6 is 0 Å². The van der Waals surface area contributed by atoms with Gasteiger partial charge in [0.15, 0.2) is 5.78 Å². The molecule has 0 aliphatic heterocycles. The number of esters is 2. The van der Waals surface area contributed by atoms with Gasteiger partial charge in [0.25, 0.3) is 11.8 Å². The van der Waals surface area contributed by atoms with Crippen LogP contribution in [-0.4, -0.2) is 64.9 Å². The van der Waals surface area contributed by atoms with Crippen molar-refractivity contribution in [2.45, 2.75) is 73.0 Å². The van der Waals surface area contributed by atoms with E-state index in [2.05, 4.69) is 0 Å². The minimum atomic E-state index is -1.69. The van der Waals surface area contributed by atoms with Crippen molar-refractivity contribution < 1.29 is 57.8 Å². The Morgan fingerprint density at radius 3 is 1.63 bits per heavy atom. The smallest absolute Gasteiger partial charge is 0.338 e. The third-order valence-corrected chi connectivity index (χ3v) is 9.54. The zero-order valence-corrected chi connectivity index (χ0v) is 29.2. The fourth-order valence-corrected chi connectivity index (χ4v) is 6.74. The Labute approximate surface area is 293 Å². The van der Waals surface area contributed by atoms with Gasteiger partial charge in [-0.2, -0.15) is 0 Å². The van der Waals surface area contributed by atoms with Gasteiger partial charge in [-0.25, -0.2) is 19.2 Å². The molecule has 2 aromatic carbocycles. The van der Waals surface area contributed by atoms with E-state index in [4.69, 9.17) is 19.1 Å². The van der Waals surface area contributed by atoms with Crippen LogP contribution in [-0.2, 0) is 43.1 Å². The summed E-state index contributed by atoms with van der Waals surface area (Å²) in [4.78, 5) is 97.5. The summed E-state index contributed by atoms with van der Waals surface area (Å²) in [6.45, 7) is 9.32. The van der Waals surface area contributed by atoms with Crippen molar-refractivity contribution in [3.63, 3.8) is 0 Å². The van der Waals surface area contributed by atoms with Gasteiger partial charge in [-0.05, 0) is 82.1 Å². The van der Waals surface area contributed by atoms with E-state index in [-0.39, 0.29) is 34.7 Å². The molecule has 1 spiro atoms. The standard InChI is InChI=1S/C37H38N2O12/c1-20-30-29(31(44)36(7,47)37(20)16-17-37)18-35(6,19-48-33(45)25-8-12-27(13-9-25)38(21(2)40)50-23(4)42)32(30)49-34(46)26-10-14-28(15-11-26)39(22(3)41)51-24(5)43/h8-15,18,32,47H,16-17,19H2,1-7H3/t32?,35-,36-/m0/s1. The van der Waals surface area contributed by atoms with E-state index in [1.165, 1.54) is 69.3 Å². The minimum Gasteiger partial charge on any atom is -0.461 e. The van der Waals surface area contributed by atoms with Crippen LogP contribution in [0.3, 0.4) is 0 Å². The van der Waals surface area contributed by atoms with Gasteiger partial charge < -0.3 is 24.3 Å². The maximum atomic E-state index is 13.8. The zero-order chi connectivity index (χ0) is 37.6. The summed E-state index contributed by atoms with van der Waals surface area (Å²) < 4.78 is 11.8. The molecule has 51 heavy (non-hydrogen) atoms. The van der Waals surface area contributed by atoms with Gasteiger partial charge in [0.1, 0.15) is 18.3 Å². The second-order valence-electron chi connectivity index (χ2n) is 13.3. The number of rotatable bonds is 7. The highest BCUT2D eigenvalue weighted by molar-refractivity contribution is 6.09. The summed E-state index contributed by atoms with van der Waals surface area (Å²) >= 11 is 0. The topological polar surface area (TPSA) is 183 Å². The summed E-state index contributed by atoms with van der Waals surface area (Å²) in [5, 5.41) is 13.0. The molecule has 3 atom stereocenters. The molecule has 0 heterocycles. The molecule has 0 aromatic heterocycles. The van der Waals surface area contributed by atoms with E-state index in [9.17, 15) is 38.7 Å².